The molecule has 138 valence electrons. The van der Waals surface area contributed by atoms with Crippen LogP contribution in [0.15, 0.2) is 59.4 Å². The number of hydrogen-bond acceptors (Lipinski definition) is 3. The molecule has 1 fully saturated rings. The molecule has 1 aliphatic rings. The lowest BCUT2D eigenvalue weighted by atomic mass is 9.64. The molecule has 4 rings (SSSR count). The summed E-state index contributed by atoms with van der Waals surface area (Å²) in [6.45, 7) is 0.638. The van der Waals surface area contributed by atoms with Crippen LogP contribution < -0.4 is 10.9 Å². The number of aromatic nitrogens is 2. The fourth-order valence-electron chi connectivity index (χ4n) is 3.95. The highest BCUT2D eigenvalue weighted by Crippen LogP contribution is 2.43. The molecule has 1 amide bonds. The lowest BCUT2D eigenvalue weighted by molar-refractivity contribution is -0.120. The molecule has 0 radical (unpaired) electrons. The zero-order valence-corrected chi connectivity index (χ0v) is 15.4. The van der Waals surface area contributed by atoms with E-state index >= 15 is 0 Å². The predicted octanol–water partition coefficient (Wildman–Crippen LogP) is 2.71. The number of nitrogens with zero attached hydrogens (tertiary/aromatic N) is 2. The summed E-state index contributed by atoms with van der Waals surface area (Å²) in [5, 5.41) is 8.77. The first-order valence-corrected chi connectivity index (χ1v) is 9.36. The maximum atomic E-state index is 12.6. The summed E-state index contributed by atoms with van der Waals surface area (Å²) in [6, 6.07) is 17.7. The van der Waals surface area contributed by atoms with Crippen LogP contribution in [0.2, 0.25) is 0 Å². The summed E-state index contributed by atoms with van der Waals surface area (Å²) in [4.78, 5) is 24.9. The molecule has 0 bridgehead atoms. The van der Waals surface area contributed by atoms with Gasteiger partial charge in [0.1, 0.15) is 0 Å². The molecular weight excluding hydrogens is 338 g/mol. The Balaban J connectivity index is 1.51. The quantitative estimate of drug-likeness (QED) is 0.760. The Morgan fingerprint density at radius 1 is 1.07 bits per heavy atom. The van der Waals surface area contributed by atoms with Gasteiger partial charge in [-0.25, -0.2) is 4.68 Å². The van der Waals surface area contributed by atoms with E-state index in [0.29, 0.717) is 17.6 Å². The molecule has 27 heavy (non-hydrogen) atoms. The van der Waals surface area contributed by atoms with Crippen LogP contribution in [0.5, 0.6) is 0 Å². The maximum absolute atomic E-state index is 12.6. The number of aryl methyl sites for hydroxylation is 1. The van der Waals surface area contributed by atoms with Gasteiger partial charge >= 0.3 is 0 Å². The van der Waals surface area contributed by atoms with E-state index in [2.05, 4.69) is 34.7 Å². The van der Waals surface area contributed by atoms with Crippen molar-refractivity contribution in [2.45, 2.75) is 31.1 Å². The van der Waals surface area contributed by atoms with Crippen molar-refractivity contribution < 1.29 is 4.79 Å². The molecule has 1 aliphatic carbocycles. The van der Waals surface area contributed by atoms with Gasteiger partial charge < -0.3 is 5.32 Å². The Hall–Kier alpha value is -2.95. The van der Waals surface area contributed by atoms with Crippen LogP contribution in [0.25, 0.3) is 10.8 Å². The molecule has 0 spiro atoms. The summed E-state index contributed by atoms with van der Waals surface area (Å²) in [5.74, 6) is -0.0616. The average molecular weight is 361 g/mol. The van der Waals surface area contributed by atoms with Crippen molar-refractivity contribution in [3.05, 3.63) is 76.2 Å². The highest BCUT2D eigenvalue weighted by molar-refractivity contribution is 5.88. The summed E-state index contributed by atoms with van der Waals surface area (Å²) < 4.78 is 1.31. The minimum atomic E-state index is -0.146. The lowest BCUT2D eigenvalue weighted by Crippen LogP contribution is -2.46. The van der Waals surface area contributed by atoms with E-state index in [1.807, 2.05) is 24.3 Å². The Bertz CT molecular complexity index is 1040. The highest BCUT2D eigenvalue weighted by atomic mass is 16.1. The summed E-state index contributed by atoms with van der Waals surface area (Å²) in [6.07, 6.45) is 3.55. The van der Waals surface area contributed by atoms with E-state index in [4.69, 9.17) is 0 Å². The largest absolute Gasteiger partial charge is 0.355 e. The minimum Gasteiger partial charge on any atom is -0.355 e. The third kappa shape index (κ3) is 3.25. The zero-order valence-electron chi connectivity index (χ0n) is 15.4. The van der Waals surface area contributed by atoms with E-state index in [1.54, 1.807) is 13.1 Å². The van der Waals surface area contributed by atoms with Gasteiger partial charge in [-0.3, -0.25) is 9.59 Å². The van der Waals surface area contributed by atoms with Crippen molar-refractivity contribution in [3.8, 4) is 0 Å². The van der Waals surface area contributed by atoms with Gasteiger partial charge in [-0.15, -0.1) is 0 Å². The molecule has 0 unspecified atom stereocenters. The van der Waals surface area contributed by atoms with Gasteiger partial charge in [-0.1, -0.05) is 55.0 Å². The fourth-order valence-corrected chi connectivity index (χ4v) is 3.95. The van der Waals surface area contributed by atoms with Gasteiger partial charge in [0.2, 0.25) is 5.91 Å². The molecule has 1 aromatic heterocycles. The van der Waals surface area contributed by atoms with Crippen molar-refractivity contribution in [1.82, 2.24) is 15.1 Å². The minimum absolute atomic E-state index is 0.0515. The number of rotatable bonds is 5. The molecule has 5 heteroatoms. The first-order chi connectivity index (χ1) is 13.1. The summed E-state index contributed by atoms with van der Waals surface area (Å²) >= 11 is 0. The number of amides is 1. The van der Waals surface area contributed by atoms with E-state index < -0.39 is 0 Å². The fraction of sp³-hybridized carbons (Fsp3) is 0.318. The molecule has 0 aliphatic heterocycles. The smallest absolute Gasteiger partial charge is 0.274 e. The van der Waals surface area contributed by atoms with Crippen LogP contribution in [0.3, 0.4) is 0 Å². The second-order valence-corrected chi connectivity index (χ2v) is 7.37. The van der Waals surface area contributed by atoms with Crippen LogP contribution >= 0.6 is 0 Å². The number of benzene rings is 2. The third-order valence-corrected chi connectivity index (χ3v) is 5.68. The normalized spacial score (nSPS) is 15.3. The lowest BCUT2D eigenvalue weighted by Gasteiger charge is -2.42. The van der Waals surface area contributed by atoms with Gasteiger partial charge in [0, 0.05) is 24.4 Å². The number of hydrogen-bond donors (Lipinski definition) is 1. The molecule has 3 aromatic rings. The number of nitrogens with one attached hydrogen (secondary N) is 1. The third-order valence-electron chi connectivity index (χ3n) is 5.68. The summed E-state index contributed by atoms with van der Waals surface area (Å²) in [7, 11) is 1.62. The van der Waals surface area contributed by atoms with Crippen LogP contribution in [-0.4, -0.2) is 22.2 Å². The van der Waals surface area contributed by atoms with E-state index in [9.17, 15) is 9.59 Å². The summed E-state index contributed by atoms with van der Waals surface area (Å²) in [5.41, 5.74) is 1.83. The number of carbonyl (C=O) groups is 1. The van der Waals surface area contributed by atoms with Crippen molar-refractivity contribution in [2.75, 3.05) is 6.54 Å². The van der Waals surface area contributed by atoms with Gasteiger partial charge in [-0.2, -0.15) is 5.10 Å². The van der Waals surface area contributed by atoms with Crippen molar-refractivity contribution >= 4 is 16.7 Å². The van der Waals surface area contributed by atoms with Crippen molar-refractivity contribution in [1.29, 1.82) is 0 Å². The van der Waals surface area contributed by atoms with Crippen LogP contribution in [-0.2, 0) is 23.7 Å². The SMILES string of the molecule is Cn1nc(CC(=O)NCC2(c3ccccc3)CCC2)c2ccccc2c1=O. The maximum Gasteiger partial charge on any atom is 0.274 e. The molecular formula is C22H23N3O2. The van der Waals surface area contributed by atoms with Gasteiger partial charge in [0.05, 0.1) is 17.5 Å². The Morgan fingerprint density at radius 3 is 2.41 bits per heavy atom. The van der Waals surface area contributed by atoms with Crippen LogP contribution in [0.4, 0.5) is 0 Å². The number of carbonyl (C=O) groups excluding carboxylic acids is 1. The van der Waals surface area contributed by atoms with Crippen molar-refractivity contribution in [3.63, 3.8) is 0 Å². The van der Waals surface area contributed by atoms with Gasteiger partial charge in [0.25, 0.3) is 5.56 Å². The Morgan fingerprint density at radius 2 is 1.74 bits per heavy atom. The average Bonchev–Trinajstić information content (AvgIpc) is 2.66. The van der Waals surface area contributed by atoms with Crippen molar-refractivity contribution in [2.24, 2.45) is 7.05 Å². The molecule has 1 saturated carbocycles. The first-order valence-electron chi connectivity index (χ1n) is 9.36. The van der Waals surface area contributed by atoms with E-state index in [1.165, 1.54) is 16.7 Å². The molecule has 5 nitrogen and oxygen atoms in total. The van der Waals surface area contributed by atoms with E-state index in [0.717, 1.165) is 18.2 Å². The van der Waals surface area contributed by atoms with E-state index in [-0.39, 0.29) is 23.3 Å². The zero-order chi connectivity index (χ0) is 18.9. The van der Waals surface area contributed by atoms with Crippen LogP contribution in [0, 0.1) is 0 Å². The highest BCUT2D eigenvalue weighted by Gasteiger charge is 2.38. The molecule has 2 aromatic carbocycles. The monoisotopic (exact) mass is 361 g/mol. The Labute approximate surface area is 158 Å². The molecule has 0 atom stereocenters. The standard InChI is InChI=1S/C22H23N3O2/c1-25-21(27)18-11-6-5-10-17(18)19(24-25)14-20(26)23-15-22(12-7-13-22)16-8-3-2-4-9-16/h2-6,8-11H,7,12-15H2,1H3,(H,23,26). The first kappa shape index (κ1) is 17.5. The predicted molar refractivity (Wildman–Crippen MR) is 106 cm³/mol. The van der Waals surface area contributed by atoms with Gasteiger partial charge in [-0.05, 0) is 24.5 Å². The second kappa shape index (κ2) is 6.99. The van der Waals surface area contributed by atoms with Gasteiger partial charge in [0.15, 0.2) is 0 Å². The second-order valence-electron chi connectivity index (χ2n) is 7.37. The molecule has 1 N–H and O–H groups in total. The molecule has 0 saturated heterocycles. The topological polar surface area (TPSA) is 64.0 Å². The Kier molecular flexibility index (Phi) is 4.52. The van der Waals surface area contributed by atoms with Crippen LogP contribution in [0.1, 0.15) is 30.5 Å². The molecule has 1 heterocycles. The number of fused-ring (bicyclic) bond motifs is 1.